The standard InChI is InChI=1S/C20H34N6O2.C3H8.2C2H6.CH4.H3N/c1-4-8-23-12-20(27)26-9-10-28-15-25(14-19(26)24-5-2)13-16-6-7-18(22-3)17(21)11-16;1-3-2;2*1-2;;/h4-7,11,17-19,22-24H,1-2,8-10,12-15,21H2,3H3;3H2,1-2H3;2*1-2H3;1H4;1H3/t17?,18?,19-;;;;;/m1...../s1. The first kappa shape index (κ1) is 42.1. The van der Waals surface area contributed by atoms with Gasteiger partial charge < -0.3 is 37.5 Å². The Morgan fingerprint density at radius 3 is 2.38 bits per heavy atom. The fraction of sp³-hybridized carbons (Fsp3) is 0.679. The first-order valence-electron chi connectivity index (χ1n) is 13.1. The predicted octanol–water partition coefficient (Wildman–Crippen LogP) is 3.62. The molecule has 0 aromatic carbocycles. The summed E-state index contributed by atoms with van der Waals surface area (Å²) >= 11 is 0. The van der Waals surface area contributed by atoms with E-state index in [2.05, 4.69) is 66.1 Å². The maximum absolute atomic E-state index is 12.7. The minimum Gasteiger partial charge on any atom is -0.371 e. The third-order valence-corrected chi connectivity index (χ3v) is 4.83. The third-order valence-electron chi connectivity index (χ3n) is 4.83. The van der Waals surface area contributed by atoms with Gasteiger partial charge in [0.1, 0.15) is 6.17 Å². The van der Waals surface area contributed by atoms with Gasteiger partial charge in [-0.05, 0) is 18.8 Å². The minimum atomic E-state index is -0.175. The molecule has 1 saturated heterocycles. The van der Waals surface area contributed by atoms with Gasteiger partial charge in [-0.3, -0.25) is 9.69 Å². The Balaban J connectivity index is -0.000000551. The molecule has 9 nitrogen and oxygen atoms in total. The summed E-state index contributed by atoms with van der Waals surface area (Å²) in [7, 11) is 1.90. The van der Waals surface area contributed by atoms with Crippen LogP contribution in [0.2, 0.25) is 0 Å². The lowest BCUT2D eigenvalue weighted by atomic mass is 9.98. The van der Waals surface area contributed by atoms with E-state index in [-0.39, 0.29) is 44.3 Å². The number of amides is 1. The Morgan fingerprint density at radius 1 is 1.24 bits per heavy atom. The molecule has 0 bridgehead atoms. The van der Waals surface area contributed by atoms with E-state index in [9.17, 15) is 4.79 Å². The molecule has 8 N–H and O–H groups in total. The maximum atomic E-state index is 12.7. The average molecular weight is 528 g/mol. The molecular formula is C28H61N7O2. The molecule has 0 radical (unpaired) electrons. The van der Waals surface area contributed by atoms with E-state index in [0.717, 1.165) is 5.57 Å². The zero-order chi connectivity index (χ0) is 27.1. The Hall–Kier alpha value is -2.01. The molecule has 1 aliphatic carbocycles. The lowest BCUT2D eigenvalue weighted by molar-refractivity contribution is -0.137. The van der Waals surface area contributed by atoms with Crippen LogP contribution < -0.4 is 27.8 Å². The number of carbonyl (C=O) groups is 1. The van der Waals surface area contributed by atoms with Gasteiger partial charge in [-0.2, -0.15) is 0 Å². The quantitative estimate of drug-likeness (QED) is 0.227. The second-order valence-corrected chi connectivity index (χ2v) is 7.64. The number of nitrogens with two attached hydrogens (primary N) is 1. The molecule has 2 rings (SSSR count). The van der Waals surface area contributed by atoms with Crippen LogP contribution in [0.5, 0.6) is 0 Å². The van der Waals surface area contributed by atoms with Gasteiger partial charge in [0.05, 0.1) is 19.9 Å². The van der Waals surface area contributed by atoms with Crippen molar-refractivity contribution < 1.29 is 9.53 Å². The van der Waals surface area contributed by atoms with Gasteiger partial charge in [-0.25, -0.2) is 0 Å². The second kappa shape index (κ2) is 28.6. The highest BCUT2D eigenvalue weighted by Crippen LogP contribution is 2.14. The van der Waals surface area contributed by atoms with Crippen molar-refractivity contribution in [3.63, 3.8) is 0 Å². The molecule has 220 valence electrons. The molecule has 2 unspecified atom stereocenters. The Bertz CT molecular complexity index is 611. The maximum Gasteiger partial charge on any atom is 0.238 e. The molecule has 9 heteroatoms. The van der Waals surface area contributed by atoms with E-state index >= 15 is 0 Å². The Morgan fingerprint density at radius 2 is 1.86 bits per heavy atom. The number of carbonyl (C=O) groups excluding carboxylic acids is 1. The van der Waals surface area contributed by atoms with Crippen molar-refractivity contribution in [3.8, 4) is 0 Å². The molecule has 0 spiro atoms. The molecule has 1 amide bonds. The van der Waals surface area contributed by atoms with E-state index in [1.165, 1.54) is 6.42 Å². The summed E-state index contributed by atoms with van der Waals surface area (Å²) in [5.74, 6) is 0.0160. The highest BCUT2D eigenvalue weighted by atomic mass is 16.5. The van der Waals surface area contributed by atoms with Crippen LogP contribution in [0.4, 0.5) is 0 Å². The molecule has 2 aliphatic rings. The molecule has 1 heterocycles. The van der Waals surface area contributed by atoms with E-state index < -0.39 is 0 Å². The largest absolute Gasteiger partial charge is 0.371 e. The zero-order valence-corrected chi connectivity index (χ0v) is 24.2. The highest BCUT2D eigenvalue weighted by molar-refractivity contribution is 5.78. The van der Waals surface area contributed by atoms with Crippen LogP contribution in [0.3, 0.4) is 0 Å². The summed E-state index contributed by atoms with van der Waals surface area (Å²) in [6.07, 6.45) is 10.7. The van der Waals surface area contributed by atoms with Gasteiger partial charge in [0.2, 0.25) is 5.91 Å². The van der Waals surface area contributed by atoms with Crippen LogP contribution in [0.25, 0.3) is 0 Å². The lowest BCUT2D eigenvalue weighted by Crippen LogP contribution is -2.57. The lowest BCUT2D eigenvalue weighted by Gasteiger charge is -2.38. The average Bonchev–Trinajstić information content (AvgIpc) is 2.85. The normalized spacial score (nSPS) is 20.6. The predicted molar refractivity (Wildman–Crippen MR) is 163 cm³/mol. The summed E-state index contributed by atoms with van der Waals surface area (Å²) in [5, 5.41) is 9.47. The van der Waals surface area contributed by atoms with E-state index in [0.29, 0.717) is 39.5 Å². The molecule has 0 aromatic heterocycles. The van der Waals surface area contributed by atoms with Gasteiger partial charge >= 0.3 is 0 Å². The number of hydrogen-bond donors (Lipinski definition) is 5. The minimum absolute atomic E-state index is 0. The van der Waals surface area contributed by atoms with Gasteiger partial charge in [0, 0.05) is 38.3 Å². The number of nitrogens with one attached hydrogen (secondary N) is 3. The molecule has 3 atom stereocenters. The van der Waals surface area contributed by atoms with E-state index in [4.69, 9.17) is 10.5 Å². The molecule has 0 aromatic rings. The molecule has 1 fully saturated rings. The summed E-state index contributed by atoms with van der Waals surface area (Å²) < 4.78 is 5.78. The SMILES string of the molecule is C.C=CCNCC(=O)N1CCOCN(CC2=CC(N)C(NC)C=C2)C[C@@H]1NC=C.CC.CC.CCC.N. The zero-order valence-electron chi connectivity index (χ0n) is 24.2. The number of nitrogens with zero attached hydrogens (tertiary/aromatic N) is 2. The summed E-state index contributed by atoms with van der Waals surface area (Å²) in [4.78, 5) is 16.6. The van der Waals surface area contributed by atoms with Crippen molar-refractivity contribution in [1.82, 2.24) is 31.9 Å². The summed E-state index contributed by atoms with van der Waals surface area (Å²) in [6, 6.07) is 0.0930. The van der Waals surface area contributed by atoms with Crippen LogP contribution in [-0.4, -0.2) is 87.1 Å². The first-order valence-corrected chi connectivity index (χ1v) is 13.1. The third kappa shape index (κ3) is 18.0. The van der Waals surface area contributed by atoms with Gasteiger partial charge in [-0.1, -0.05) is 86.3 Å². The van der Waals surface area contributed by atoms with Gasteiger partial charge in [-0.15, -0.1) is 6.58 Å². The molecule has 37 heavy (non-hydrogen) atoms. The van der Waals surface area contributed by atoms with Gasteiger partial charge in [0.25, 0.3) is 0 Å². The van der Waals surface area contributed by atoms with Crippen LogP contribution in [-0.2, 0) is 9.53 Å². The fourth-order valence-electron chi connectivity index (χ4n) is 3.39. The van der Waals surface area contributed by atoms with E-state index in [1.54, 1.807) is 17.2 Å². The van der Waals surface area contributed by atoms with Crippen molar-refractivity contribution >= 4 is 5.91 Å². The van der Waals surface area contributed by atoms with Crippen LogP contribution in [0, 0.1) is 0 Å². The molecular weight excluding hydrogens is 466 g/mol. The van der Waals surface area contributed by atoms with Crippen molar-refractivity contribution in [1.29, 1.82) is 0 Å². The Kier molecular flexibility index (Phi) is 32.5. The molecule has 0 saturated carbocycles. The van der Waals surface area contributed by atoms with Crippen LogP contribution in [0.1, 0.15) is 55.4 Å². The monoisotopic (exact) mass is 527 g/mol. The second-order valence-electron chi connectivity index (χ2n) is 7.64. The summed E-state index contributed by atoms with van der Waals surface area (Å²) in [5.41, 5.74) is 7.35. The number of rotatable bonds is 9. The van der Waals surface area contributed by atoms with Gasteiger partial charge in [0.15, 0.2) is 0 Å². The topological polar surface area (TPSA) is 130 Å². The van der Waals surface area contributed by atoms with Crippen LogP contribution in [0.15, 0.2) is 49.2 Å². The van der Waals surface area contributed by atoms with Crippen molar-refractivity contribution in [2.24, 2.45) is 5.73 Å². The van der Waals surface area contributed by atoms with Crippen LogP contribution >= 0.6 is 0 Å². The van der Waals surface area contributed by atoms with Crippen molar-refractivity contribution in [2.75, 3.05) is 53.1 Å². The van der Waals surface area contributed by atoms with Crippen molar-refractivity contribution in [3.05, 3.63) is 49.2 Å². The first-order chi connectivity index (χ1) is 17.0. The number of ether oxygens (including phenoxy) is 1. The summed E-state index contributed by atoms with van der Waals surface area (Å²) in [6.45, 7) is 23.4. The number of likely N-dealkylation sites (N-methyl/N-ethyl adjacent to an activating group) is 1. The number of hydrogen-bond acceptors (Lipinski definition) is 8. The fourth-order valence-corrected chi connectivity index (χ4v) is 3.39. The molecule has 1 aliphatic heterocycles. The highest BCUT2D eigenvalue weighted by Gasteiger charge is 2.27. The Labute approximate surface area is 229 Å². The smallest absolute Gasteiger partial charge is 0.238 e. The van der Waals surface area contributed by atoms with E-state index in [1.807, 2.05) is 34.7 Å². The van der Waals surface area contributed by atoms with Crippen molar-refractivity contribution in [2.45, 2.75) is 73.6 Å².